The van der Waals surface area contributed by atoms with Gasteiger partial charge in [0.25, 0.3) is 0 Å². The van der Waals surface area contributed by atoms with E-state index < -0.39 is 0 Å². The first-order valence-electron chi connectivity index (χ1n) is 7.08. The topological polar surface area (TPSA) is 15.3 Å². The maximum atomic E-state index is 3.68. The third-order valence-corrected chi connectivity index (χ3v) is 3.98. The van der Waals surface area contributed by atoms with Gasteiger partial charge < -0.3 is 5.32 Å². The largest absolute Gasteiger partial charge is 0.312 e. The van der Waals surface area contributed by atoms with Gasteiger partial charge in [0.2, 0.25) is 0 Å². The van der Waals surface area contributed by atoms with Crippen LogP contribution in [0.15, 0.2) is 0 Å². The van der Waals surface area contributed by atoms with Crippen LogP contribution in [0.5, 0.6) is 0 Å². The van der Waals surface area contributed by atoms with E-state index in [0.717, 1.165) is 19.6 Å². The quantitative estimate of drug-likeness (QED) is 0.651. The Kier molecular flexibility index (Phi) is 8.04. The molecule has 0 spiro atoms. The Labute approximate surface area is 103 Å². The molecule has 0 aliphatic rings. The monoisotopic (exact) mass is 228 g/mol. The van der Waals surface area contributed by atoms with E-state index >= 15 is 0 Å². The molecule has 0 radical (unpaired) electrons. The Hall–Kier alpha value is -0.0800. The summed E-state index contributed by atoms with van der Waals surface area (Å²) in [6.07, 6.45) is 3.75. The van der Waals surface area contributed by atoms with Crippen LogP contribution >= 0.6 is 0 Å². The Morgan fingerprint density at radius 1 is 1.06 bits per heavy atom. The molecule has 0 aliphatic heterocycles. The molecule has 0 heterocycles. The minimum absolute atomic E-state index is 0.301. The number of hydrogen-bond donors (Lipinski definition) is 1. The zero-order valence-corrected chi connectivity index (χ0v) is 12.3. The highest BCUT2D eigenvalue weighted by molar-refractivity contribution is 4.95. The zero-order valence-electron chi connectivity index (χ0n) is 12.3. The van der Waals surface area contributed by atoms with Gasteiger partial charge in [-0.2, -0.15) is 0 Å². The summed E-state index contributed by atoms with van der Waals surface area (Å²) in [4.78, 5) is 2.61. The first kappa shape index (κ1) is 15.9. The first-order chi connectivity index (χ1) is 7.60. The molecule has 0 amide bonds. The minimum atomic E-state index is 0.301. The van der Waals surface area contributed by atoms with Gasteiger partial charge in [-0.3, -0.25) is 4.90 Å². The third kappa shape index (κ3) is 3.74. The van der Waals surface area contributed by atoms with Gasteiger partial charge in [-0.15, -0.1) is 0 Å². The molecular weight excluding hydrogens is 196 g/mol. The smallest absolute Gasteiger partial charge is 0.0331 e. The Morgan fingerprint density at radius 2 is 1.62 bits per heavy atom. The maximum absolute atomic E-state index is 3.68. The van der Waals surface area contributed by atoms with Crippen molar-refractivity contribution in [2.45, 2.75) is 72.4 Å². The van der Waals surface area contributed by atoms with Crippen LogP contribution in [0, 0.1) is 0 Å². The summed E-state index contributed by atoms with van der Waals surface area (Å²) >= 11 is 0. The van der Waals surface area contributed by atoms with Crippen molar-refractivity contribution in [2.24, 2.45) is 0 Å². The highest BCUT2D eigenvalue weighted by Crippen LogP contribution is 2.26. The van der Waals surface area contributed by atoms with Crippen LogP contribution in [-0.2, 0) is 0 Å². The lowest BCUT2D eigenvalue weighted by Crippen LogP contribution is -2.59. The van der Waals surface area contributed by atoms with Crippen LogP contribution in [0.1, 0.15) is 60.8 Å². The van der Waals surface area contributed by atoms with E-state index in [4.69, 9.17) is 0 Å². The van der Waals surface area contributed by atoms with Crippen LogP contribution in [0.3, 0.4) is 0 Å². The third-order valence-electron chi connectivity index (χ3n) is 3.98. The SMILES string of the molecule is CCCC(NCC)C(C)(CC)N(CC)CC. The first-order valence-corrected chi connectivity index (χ1v) is 7.08. The summed E-state index contributed by atoms with van der Waals surface area (Å²) in [7, 11) is 0. The van der Waals surface area contributed by atoms with Crippen molar-refractivity contribution >= 4 is 0 Å². The molecule has 0 fully saturated rings. The van der Waals surface area contributed by atoms with Crippen LogP contribution in [0.25, 0.3) is 0 Å². The lowest BCUT2D eigenvalue weighted by atomic mass is 9.84. The van der Waals surface area contributed by atoms with Crippen LogP contribution in [0.2, 0.25) is 0 Å². The molecule has 2 atom stereocenters. The molecule has 0 bridgehead atoms. The summed E-state index contributed by atoms with van der Waals surface area (Å²) in [6, 6.07) is 0.618. The van der Waals surface area contributed by atoms with E-state index in [9.17, 15) is 0 Å². The number of nitrogens with one attached hydrogen (secondary N) is 1. The fourth-order valence-corrected chi connectivity index (χ4v) is 2.80. The number of likely N-dealkylation sites (N-methyl/N-ethyl adjacent to an activating group) is 2. The van der Waals surface area contributed by atoms with Crippen molar-refractivity contribution in [1.82, 2.24) is 10.2 Å². The summed E-state index contributed by atoms with van der Waals surface area (Å²) in [5.41, 5.74) is 0.301. The van der Waals surface area contributed by atoms with Gasteiger partial charge in [0.05, 0.1) is 0 Å². The molecule has 0 aliphatic carbocycles. The molecule has 0 aromatic rings. The minimum Gasteiger partial charge on any atom is -0.312 e. The molecule has 16 heavy (non-hydrogen) atoms. The van der Waals surface area contributed by atoms with Gasteiger partial charge in [-0.25, -0.2) is 0 Å². The number of hydrogen-bond acceptors (Lipinski definition) is 2. The van der Waals surface area contributed by atoms with Crippen LogP contribution in [0.4, 0.5) is 0 Å². The molecule has 2 nitrogen and oxygen atoms in total. The van der Waals surface area contributed by atoms with E-state index in [1.54, 1.807) is 0 Å². The average Bonchev–Trinajstić information content (AvgIpc) is 2.30. The van der Waals surface area contributed by atoms with Gasteiger partial charge in [-0.1, -0.05) is 41.0 Å². The van der Waals surface area contributed by atoms with Crippen molar-refractivity contribution in [1.29, 1.82) is 0 Å². The van der Waals surface area contributed by atoms with Crippen molar-refractivity contribution in [2.75, 3.05) is 19.6 Å². The van der Waals surface area contributed by atoms with Gasteiger partial charge in [0.1, 0.15) is 0 Å². The summed E-state index contributed by atoms with van der Waals surface area (Å²) in [6.45, 7) is 17.1. The van der Waals surface area contributed by atoms with E-state index in [-0.39, 0.29) is 0 Å². The molecule has 0 saturated heterocycles. The van der Waals surface area contributed by atoms with E-state index in [2.05, 4.69) is 51.8 Å². The average molecular weight is 228 g/mol. The van der Waals surface area contributed by atoms with Gasteiger partial charge in [-0.05, 0) is 39.4 Å². The highest BCUT2D eigenvalue weighted by atomic mass is 15.2. The fraction of sp³-hybridized carbons (Fsp3) is 1.00. The summed E-state index contributed by atoms with van der Waals surface area (Å²) < 4.78 is 0. The second-order valence-corrected chi connectivity index (χ2v) is 4.78. The van der Waals surface area contributed by atoms with Crippen molar-refractivity contribution in [3.8, 4) is 0 Å². The van der Waals surface area contributed by atoms with Crippen molar-refractivity contribution < 1.29 is 0 Å². The normalized spacial score (nSPS) is 17.4. The molecule has 1 N–H and O–H groups in total. The lowest BCUT2D eigenvalue weighted by molar-refractivity contribution is 0.0670. The maximum Gasteiger partial charge on any atom is 0.0331 e. The molecule has 0 saturated carbocycles. The Bertz CT molecular complexity index is 160. The Balaban J connectivity index is 4.82. The van der Waals surface area contributed by atoms with E-state index in [1.165, 1.54) is 19.3 Å². The second kappa shape index (κ2) is 8.08. The van der Waals surface area contributed by atoms with Crippen molar-refractivity contribution in [3.63, 3.8) is 0 Å². The predicted octanol–water partition coefficient (Wildman–Crippen LogP) is 3.28. The van der Waals surface area contributed by atoms with E-state index in [0.29, 0.717) is 11.6 Å². The van der Waals surface area contributed by atoms with Gasteiger partial charge >= 0.3 is 0 Å². The number of rotatable bonds is 9. The van der Waals surface area contributed by atoms with Gasteiger partial charge in [0.15, 0.2) is 0 Å². The molecule has 0 aromatic heterocycles. The Morgan fingerprint density at radius 3 is 1.94 bits per heavy atom. The van der Waals surface area contributed by atoms with Crippen LogP contribution < -0.4 is 5.32 Å². The molecule has 98 valence electrons. The fourth-order valence-electron chi connectivity index (χ4n) is 2.80. The lowest BCUT2D eigenvalue weighted by Gasteiger charge is -2.46. The van der Waals surface area contributed by atoms with E-state index in [1.807, 2.05) is 0 Å². The standard InChI is InChI=1S/C14H32N2/c1-7-12-13(15-9-3)14(6,8-2)16(10-4)11-5/h13,15H,7-12H2,1-6H3. The predicted molar refractivity (Wildman–Crippen MR) is 74.0 cm³/mol. The zero-order chi connectivity index (χ0) is 12.6. The summed E-state index contributed by atoms with van der Waals surface area (Å²) in [5.74, 6) is 0. The second-order valence-electron chi connectivity index (χ2n) is 4.78. The molecule has 0 aromatic carbocycles. The highest BCUT2D eigenvalue weighted by Gasteiger charge is 2.35. The van der Waals surface area contributed by atoms with Gasteiger partial charge in [0, 0.05) is 11.6 Å². The molecule has 2 unspecified atom stereocenters. The van der Waals surface area contributed by atoms with Crippen LogP contribution in [-0.4, -0.2) is 36.1 Å². The molecule has 2 heteroatoms. The summed E-state index contributed by atoms with van der Waals surface area (Å²) in [5, 5.41) is 3.68. The number of nitrogens with zero attached hydrogens (tertiary/aromatic N) is 1. The molecular formula is C14H32N2. The molecule has 0 rings (SSSR count). The van der Waals surface area contributed by atoms with Crippen molar-refractivity contribution in [3.05, 3.63) is 0 Å².